The molecular formula is C43H37N3O11S. The van der Waals surface area contributed by atoms with E-state index in [4.69, 9.17) is 40.6 Å². The predicted octanol–water partition coefficient (Wildman–Crippen LogP) is 5.46. The summed E-state index contributed by atoms with van der Waals surface area (Å²) in [6, 6.07) is 36.9. The van der Waals surface area contributed by atoms with Gasteiger partial charge in [0.05, 0.1) is 35.6 Å². The Morgan fingerprint density at radius 3 is 1.64 bits per heavy atom. The number of nitrogens with zero attached hydrogens (tertiary/aromatic N) is 1. The molecule has 3 N–H and O–H groups in total. The van der Waals surface area contributed by atoms with Crippen LogP contribution in [0.5, 0.6) is 11.5 Å². The molecule has 0 amide bonds. The number of phenols is 1. The summed E-state index contributed by atoms with van der Waals surface area (Å²) in [5, 5.41) is 16.9. The van der Waals surface area contributed by atoms with Crippen molar-refractivity contribution in [1.29, 1.82) is 0 Å². The highest BCUT2D eigenvalue weighted by Gasteiger charge is 2.53. The van der Waals surface area contributed by atoms with E-state index in [1.54, 1.807) is 97.1 Å². The number of phenolic OH excluding ortho intramolecular Hbond substituents is 1. The van der Waals surface area contributed by atoms with E-state index in [-0.39, 0.29) is 38.9 Å². The van der Waals surface area contributed by atoms with Gasteiger partial charge in [0.25, 0.3) is 0 Å². The summed E-state index contributed by atoms with van der Waals surface area (Å²) in [4.78, 5) is 54.4. The fourth-order valence-electron chi connectivity index (χ4n) is 5.78. The molecule has 1 aliphatic rings. The highest BCUT2D eigenvalue weighted by molar-refractivity contribution is 7.80. The Labute approximate surface area is 338 Å². The molecule has 58 heavy (non-hydrogen) atoms. The number of esters is 4. The topological polar surface area (TPSA) is 180 Å². The summed E-state index contributed by atoms with van der Waals surface area (Å²) < 4.78 is 35.4. The van der Waals surface area contributed by atoms with Crippen molar-refractivity contribution in [3.63, 3.8) is 0 Å². The second kappa shape index (κ2) is 19.7. The summed E-state index contributed by atoms with van der Waals surface area (Å²) in [7, 11) is 1.41. The molecule has 0 aromatic heterocycles. The van der Waals surface area contributed by atoms with Gasteiger partial charge < -0.3 is 38.8 Å². The van der Waals surface area contributed by atoms with E-state index in [1.165, 1.54) is 55.8 Å². The number of rotatable bonds is 13. The normalized spacial score (nSPS) is 18.6. The standard InChI is InChI=1S/C43H37N3O11S/c1-52-33-24-27(22-23-32(33)47)25-44-46-43(58)45-38-37(57-42(51)31-20-12-5-13-21-31)36(56-41(50)30-18-10-4-11-19-30)35(55-40(49)29-16-8-3-9-17-29)34(54-38)26-53-39(48)28-14-6-2-7-15-28/h2-25,34-38,47H,26H2,1H3,(H2,45,46,58)/b44-25+/t34-,35-,36+,37-,38-/m1/s1. The van der Waals surface area contributed by atoms with Gasteiger partial charge in [0.2, 0.25) is 0 Å². The van der Waals surface area contributed by atoms with Gasteiger partial charge in [-0.3, -0.25) is 5.43 Å². The maximum absolute atomic E-state index is 13.8. The van der Waals surface area contributed by atoms with E-state index in [0.29, 0.717) is 5.56 Å². The largest absolute Gasteiger partial charge is 0.504 e. The van der Waals surface area contributed by atoms with Gasteiger partial charge >= 0.3 is 23.9 Å². The third kappa shape index (κ3) is 10.6. The van der Waals surface area contributed by atoms with Crippen LogP contribution in [0.3, 0.4) is 0 Å². The predicted molar refractivity (Wildman–Crippen MR) is 213 cm³/mol. The number of carbonyl (C=O) groups is 4. The number of aromatic hydroxyl groups is 1. The zero-order valence-electron chi connectivity index (χ0n) is 30.8. The van der Waals surface area contributed by atoms with Crippen molar-refractivity contribution in [1.82, 2.24) is 10.7 Å². The summed E-state index contributed by atoms with van der Waals surface area (Å²) >= 11 is 5.56. The molecule has 1 heterocycles. The zero-order chi connectivity index (χ0) is 40.9. The highest BCUT2D eigenvalue weighted by atomic mass is 32.1. The number of carbonyl (C=O) groups excluding carboxylic acids is 4. The van der Waals surface area contributed by atoms with Crippen LogP contribution in [0, 0.1) is 0 Å². The monoisotopic (exact) mass is 803 g/mol. The van der Waals surface area contributed by atoms with Gasteiger partial charge in [0.15, 0.2) is 41.2 Å². The van der Waals surface area contributed by atoms with Gasteiger partial charge in [-0.25, -0.2) is 19.2 Å². The molecule has 0 bridgehead atoms. The van der Waals surface area contributed by atoms with Crippen molar-refractivity contribution < 1.29 is 52.7 Å². The van der Waals surface area contributed by atoms with Crippen LogP contribution in [0.15, 0.2) is 145 Å². The van der Waals surface area contributed by atoms with Gasteiger partial charge in [-0.15, -0.1) is 0 Å². The lowest BCUT2D eigenvalue weighted by molar-refractivity contribution is -0.232. The van der Waals surface area contributed by atoms with Crippen molar-refractivity contribution in [2.75, 3.05) is 13.7 Å². The maximum Gasteiger partial charge on any atom is 0.338 e. The summed E-state index contributed by atoms with van der Waals surface area (Å²) in [5.41, 5.74) is 3.89. The first kappa shape index (κ1) is 40.6. The van der Waals surface area contributed by atoms with Crippen LogP contribution in [0.25, 0.3) is 0 Å². The summed E-state index contributed by atoms with van der Waals surface area (Å²) in [6.45, 7) is -0.515. The minimum Gasteiger partial charge on any atom is -0.504 e. The van der Waals surface area contributed by atoms with E-state index >= 15 is 0 Å². The van der Waals surface area contributed by atoms with Crippen LogP contribution in [0.4, 0.5) is 0 Å². The van der Waals surface area contributed by atoms with Crippen LogP contribution in [0.2, 0.25) is 0 Å². The number of benzene rings is 5. The average molecular weight is 804 g/mol. The number of thiocarbonyl (C=S) groups is 1. The lowest BCUT2D eigenvalue weighted by Crippen LogP contribution is -2.66. The first-order valence-corrected chi connectivity index (χ1v) is 18.2. The molecule has 0 radical (unpaired) electrons. The van der Waals surface area contributed by atoms with Crippen molar-refractivity contribution >= 4 is 47.4 Å². The minimum absolute atomic E-state index is 0.0605. The molecule has 5 atom stereocenters. The van der Waals surface area contributed by atoms with E-state index in [1.807, 2.05) is 0 Å². The number of methoxy groups -OCH3 is 1. The minimum atomic E-state index is -1.59. The zero-order valence-corrected chi connectivity index (χ0v) is 31.7. The lowest BCUT2D eigenvalue weighted by atomic mass is 9.96. The van der Waals surface area contributed by atoms with Crippen molar-refractivity contribution in [3.8, 4) is 11.5 Å². The van der Waals surface area contributed by atoms with Gasteiger partial charge in [0.1, 0.15) is 12.7 Å². The number of ether oxygens (including phenoxy) is 6. The van der Waals surface area contributed by atoms with Crippen molar-refractivity contribution in [3.05, 3.63) is 167 Å². The molecule has 0 aliphatic carbocycles. The molecular weight excluding hydrogens is 767 g/mol. The number of hydrogen-bond acceptors (Lipinski definition) is 13. The quantitative estimate of drug-likeness (QED) is 0.0449. The molecule has 0 spiro atoms. The van der Waals surface area contributed by atoms with Crippen LogP contribution < -0.4 is 15.5 Å². The Hall–Kier alpha value is -7.10. The lowest BCUT2D eigenvalue weighted by Gasteiger charge is -2.44. The van der Waals surface area contributed by atoms with Gasteiger partial charge in [-0.05, 0) is 84.5 Å². The fourth-order valence-corrected chi connectivity index (χ4v) is 5.95. The highest BCUT2D eigenvalue weighted by Crippen LogP contribution is 2.31. The second-order valence-corrected chi connectivity index (χ2v) is 13.0. The number of hydrogen-bond donors (Lipinski definition) is 3. The Morgan fingerprint density at radius 1 is 0.672 bits per heavy atom. The third-order valence-corrected chi connectivity index (χ3v) is 8.85. The van der Waals surface area contributed by atoms with Gasteiger partial charge in [0, 0.05) is 0 Å². The van der Waals surface area contributed by atoms with E-state index in [9.17, 15) is 24.3 Å². The smallest absolute Gasteiger partial charge is 0.338 e. The molecule has 6 rings (SSSR count). The number of nitrogens with one attached hydrogen (secondary N) is 2. The Morgan fingerprint density at radius 2 is 1.14 bits per heavy atom. The maximum atomic E-state index is 13.8. The first-order chi connectivity index (χ1) is 28.2. The molecule has 5 aromatic carbocycles. The van der Waals surface area contributed by atoms with Crippen LogP contribution in [0.1, 0.15) is 47.0 Å². The van der Waals surface area contributed by atoms with Crippen molar-refractivity contribution in [2.45, 2.75) is 30.6 Å². The summed E-state index contributed by atoms with van der Waals surface area (Å²) in [6.07, 6.45) is -6.04. The van der Waals surface area contributed by atoms with Gasteiger partial charge in [-0.1, -0.05) is 72.8 Å². The number of hydrazone groups is 1. The average Bonchev–Trinajstić information content (AvgIpc) is 3.26. The molecule has 1 saturated heterocycles. The Balaban J connectivity index is 1.37. The molecule has 1 fully saturated rings. The molecule has 14 nitrogen and oxygen atoms in total. The molecule has 0 unspecified atom stereocenters. The third-order valence-electron chi connectivity index (χ3n) is 8.64. The Bertz CT molecular complexity index is 2230. The first-order valence-electron chi connectivity index (χ1n) is 17.8. The molecule has 15 heteroatoms. The van der Waals surface area contributed by atoms with E-state index in [0.717, 1.165) is 0 Å². The van der Waals surface area contributed by atoms with Crippen LogP contribution >= 0.6 is 12.2 Å². The van der Waals surface area contributed by atoms with Crippen LogP contribution in [-0.4, -0.2) is 84.7 Å². The van der Waals surface area contributed by atoms with Gasteiger partial charge in [-0.2, -0.15) is 5.10 Å². The molecule has 5 aromatic rings. The van der Waals surface area contributed by atoms with E-state index in [2.05, 4.69) is 15.8 Å². The second-order valence-electron chi connectivity index (χ2n) is 12.5. The molecule has 0 saturated carbocycles. The van der Waals surface area contributed by atoms with Crippen molar-refractivity contribution in [2.24, 2.45) is 5.10 Å². The van der Waals surface area contributed by atoms with Crippen LogP contribution in [-0.2, 0) is 23.7 Å². The molecule has 1 aliphatic heterocycles. The SMILES string of the molecule is COc1cc(/C=N/NC(=S)N[C@@H]2O[C@H](COC(=O)c3ccccc3)[C@@H](OC(=O)c3ccccc3)[C@H](OC(=O)c3ccccc3)[C@H]2OC(=O)c2ccccc2)ccc1O. The summed E-state index contributed by atoms with van der Waals surface area (Å²) in [5.74, 6) is -3.05. The Kier molecular flexibility index (Phi) is 13.8. The fraction of sp³-hybridized carbons (Fsp3) is 0.163. The molecule has 296 valence electrons. The van der Waals surface area contributed by atoms with E-state index < -0.39 is 61.1 Å².